The van der Waals surface area contributed by atoms with Crippen LogP contribution in [0.3, 0.4) is 0 Å². The summed E-state index contributed by atoms with van der Waals surface area (Å²) >= 11 is 0. The highest BCUT2D eigenvalue weighted by Crippen LogP contribution is 2.27. The van der Waals surface area contributed by atoms with Crippen LogP contribution >= 0.6 is 0 Å². The number of aromatic nitrogens is 1. The number of rotatable bonds is 6. The SMILES string of the molecule is Cc1ccc(N[C@@](C)(C(=O)NCc2ccncc2)c2ccccc2)cc1. The maximum atomic E-state index is 13.1. The Morgan fingerprint density at radius 1 is 0.962 bits per heavy atom. The summed E-state index contributed by atoms with van der Waals surface area (Å²) in [5.41, 5.74) is 3.12. The number of nitrogens with zero attached hydrogens (tertiary/aromatic N) is 1. The molecule has 1 amide bonds. The molecule has 0 saturated carbocycles. The molecule has 1 atom stereocenters. The summed E-state index contributed by atoms with van der Waals surface area (Å²) in [5, 5.41) is 6.45. The second-order valence-electron chi connectivity index (χ2n) is 6.52. The molecule has 0 aliphatic heterocycles. The fourth-order valence-corrected chi connectivity index (χ4v) is 2.82. The van der Waals surface area contributed by atoms with Gasteiger partial charge in [-0.05, 0) is 49.2 Å². The van der Waals surface area contributed by atoms with E-state index in [2.05, 4.69) is 15.6 Å². The Kier molecular flexibility index (Phi) is 5.32. The first kappa shape index (κ1) is 17.7. The highest BCUT2D eigenvalue weighted by Gasteiger charge is 2.34. The Bertz CT molecular complexity index is 848. The molecule has 2 N–H and O–H groups in total. The van der Waals surface area contributed by atoms with Gasteiger partial charge in [-0.3, -0.25) is 9.78 Å². The first-order valence-electron chi connectivity index (χ1n) is 8.65. The largest absolute Gasteiger partial charge is 0.368 e. The van der Waals surface area contributed by atoms with Crippen molar-refractivity contribution in [3.05, 3.63) is 95.8 Å². The van der Waals surface area contributed by atoms with Crippen molar-refractivity contribution >= 4 is 11.6 Å². The number of benzene rings is 2. The predicted molar refractivity (Wildman–Crippen MR) is 105 cm³/mol. The maximum Gasteiger partial charge on any atom is 0.250 e. The van der Waals surface area contributed by atoms with E-state index in [1.54, 1.807) is 12.4 Å². The summed E-state index contributed by atoms with van der Waals surface area (Å²) in [7, 11) is 0. The van der Waals surface area contributed by atoms with Gasteiger partial charge in [0.2, 0.25) is 5.91 Å². The number of anilines is 1. The molecule has 3 rings (SSSR count). The average molecular weight is 345 g/mol. The van der Waals surface area contributed by atoms with Crippen molar-refractivity contribution in [2.45, 2.75) is 25.9 Å². The smallest absolute Gasteiger partial charge is 0.250 e. The van der Waals surface area contributed by atoms with E-state index in [0.29, 0.717) is 6.54 Å². The van der Waals surface area contributed by atoms with Crippen LogP contribution in [0.1, 0.15) is 23.6 Å². The number of pyridine rings is 1. The molecule has 1 heterocycles. The molecule has 4 heteroatoms. The van der Waals surface area contributed by atoms with Gasteiger partial charge < -0.3 is 10.6 Å². The van der Waals surface area contributed by atoms with Gasteiger partial charge in [0, 0.05) is 24.6 Å². The summed E-state index contributed by atoms with van der Waals surface area (Å²) in [4.78, 5) is 17.1. The second kappa shape index (κ2) is 7.83. The molecule has 4 nitrogen and oxygen atoms in total. The lowest BCUT2D eigenvalue weighted by Gasteiger charge is -2.31. The number of carbonyl (C=O) groups excluding carboxylic acids is 1. The third-order valence-corrected chi connectivity index (χ3v) is 4.45. The van der Waals surface area contributed by atoms with Crippen LogP contribution in [-0.4, -0.2) is 10.9 Å². The average Bonchev–Trinajstić information content (AvgIpc) is 2.69. The summed E-state index contributed by atoms with van der Waals surface area (Å²) in [6.07, 6.45) is 3.45. The number of carbonyl (C=O) groups is 1. The number of aryl methyl sites for hydroxylation is 1. The topological polar surface area (TPSA) is 54.0 Å². The third-order valence-electron chi connectivity index (χ3n) is 4.45. The van der Waals surface area contributed by atoms with E-state index >= 15 is 0 Å². The van der Waals surface area contributed by atoms with Gasteiger partial charge in [-0.1, -0.05) is 48.0 Å². The van der Waals surface area contributed by atoms with Crippen LogP contribution in [0.25, 0.3) is 0 Å². The minimum atomic E-state index is -0.885. The highest BCUT2D eigenvalue weighted by molar-refractivity contribution is 5.90. The molecule has 3 aromatic rings. The van der Waals surface area contributed by atoms with E-state index in [9.17, 15) is 4.79 Å². The fourth-order valence-electron chi connectivity index (χ4n) is 2.82. The Labute approximate surface area is 154 Å². The predicted octanol–water partition coefficient (Wildman–Crippen LogP) is 4.03. The van der Waals surface area contributed by atoms with Crippen LogP contribution < -0.4 is 10.6 Å². The van der Waals surface area contributed by atoms with Gasteiger partial charge in [0.05, 0.1) is 0 Å². The molecule has 0 aliphatic carbocycles. The van der Waals surface area contributed by atoms with Crippen molar-refractivity contribution in [1.82, 2.24) is 10.3 Å². The van der Waals surface area contributed by atoms with Crippen molar-refractivity contribution in [1.29, 1.82) is 0 Å². The molecule has 26 heavy (non-hydrogen) atoms. The number of hydrogen-bond donors (Lipinski definition) is 2. The molecule has 0 bridgehead atoms. The van der Waals surface area contributed by atoms with Gasteiger partial charge in [0.15, 0.2) is 0 Å². The Morgan fingerprint density at radius 3 is 2.27 bits per heavy atom. The van der Waals surface area contributed by atoms with Crippen LogP contribution in [0.4, 0.5) is 5.69 Å². The van der Waals surface area contributed by atoms with E-state index in [-0.39, 0.29) is 5.91 Å². The second-order valence-corrected chi connectivity index (χ2v) is 6.52. The highest BCUT2D eigenvalue weighted by atomic mass is 16.2. The van der Waals surface area contributed by atoms with Crippen LogP contribution in [0.2, 0.25) is 0 Å². The van der Waals surface area contributed by atoms with Gasteiger partial charge in [-0.25, -0.2) is 0 Å². The van der Waals surface area contributed by atoms with E-state index in [4.69, 9.17) is 0 Å². The van der Waals surface area contributed by atoms with E-state index in [0.717, 1.165) is 16.8 Å². The van der Waals surface area contributed by atoms with Crippen LogP contribution in [0.5, 0.6) is 0 Å². The van der Waals surface area contributed by atoms with E-state index < -0.39 is 5.54 Å². The molecule has 1 aromatic heterocycles. The Hall–Kier alpha value is -3.14. The normalized spacial score (nSPS) is 12.8. The lowest BCUT2D eigenvalue weighted by Crippen LogP contribution is -2.47. The van der Waals surface area contributed by atoms with Gasteiger partial charge in [-0.2, -0.15) is 0 Å². The summed E-state index contributed by atoms with van der Waals surface area (Å²) < 4.78 is 0. The first-order valence-corrected chi connectivity index (χ1v) is 8.65. The molecule has 0 unspecified atom stereocenters. The summed E-state index contributed by atoms with van der Waals surface area (Å²) in [6, 6.07) is 21.6. The molecule has 0 aliphatic rings. The molecule has 0 radical (unpaired) electrons. The van der Waals surface area contributed by atoms with Gasteiger partial charge in [0.1, 0.15) is 5.54 Å². The van der Waals surface area contributed by atoms with Crippen molar-refractivity contribution in [3.63, 3.8) is 0 Å². The number of hydrogen-bond acceptors (Lipinski definition) is 3. The van der Waals surface area contributed by atoms with Crippen LogP contribution in [0, 0.1) is 6.92 Å². The first-order chi connectivity index (χ1) is 12.6. The third kappa shape index (κ3) is 4.09. The zero-order chi connectivity index (χ0) is 18.4. The maximum absolute atomic E-state index is 13.1. The Balaban J connectivity index is 1.84. The molecular formula is C22H23N3O. The minimum absolute atomic E-state index is 0.0823. The van der Waals surface area contributed by atoms with Crippen LogP contribution in [-0.2, 0) is 16.9 Å². The van der Waals surface area contributed by atoms with Crippen molar-refractivity contribution < 1.29 is 4.79 Å². The quantitative estimate of drug-likeness (QED) is 0.709. The molecule has 2 aromatic carbocycles. The van der Waals surface area contributed by atoms with Crippen molar-refractivity contribution in [2.75, 3.05) is 5.32 Å². The van der Waals surface area contributed by atoms with Gasteiger partial charge in [0.25, 0.3) is 0 Å². The molecular weight excluding hydrogens is 322 g/mol. The molecule has 0 spiro atoms. The lowest BCUT2D eigenvalue weighted by molar-refractivity contribution is -0.125. The molecule has 0 fully saturated rings. The summed E-state index contributed by atoms with van der Waals surface area (Å²) in [5.74, 6) is -0.0823. The zero-order valence-electron chi connectivity index (χ0n) is 15.1. The van der Waals surface area contributed by atoms with Crippen molar-refractivity contribution in [3.8, 4) is 0 Å². The van der Waals surface area contributed by atoms with Gasteiger partial charge >= 0.3 is 0 Å². The minimum Gasteiger partial charge on any atom is -0.368 e. The zero-order valence-corrected chi connectivity index (χ0v) is 15.1. The van der Waals surface area contributed by atoms with E-state index in [1.807, 2.05) is 80.6 Å². The fraction of sp³-hybridized carbons (Fsp3) is 0.182. The lowest BCUT2D eigenvalue weighted by atomic mass is 9.90. The number of nitrogens with one attached hydrogen (secondary N) is 2. The summed E-state index contributed by atoms with van der Waals surface area (Å²) in [6.45, 7) is 4.41. The van der Waals surface area contributed by atoms with Gasteiger partial charge in [-0.15, -0.1) is 0 Å². The molecule has 132 valence electrons. The number of amides is 1. The van der Waals surface area contributed by atoms with Crippen molar-refractivity contribution in [2.24, 2.45) is 0 Å². The molecule has 0 saturated heterocycles. The van der Waals surface area contributed by atoms with Crippen LogP contribution in [0.15, 0.2) is 79.1 Å². The van der Waals surface area contributed by atoms with E-state index in [1.165, 1.54) is 5.56 Å². The standard InChI is InChI=1S/C22H23N3O/c1-17-8-10-20(11-9-17)25-22(2,19-6-4-3-5-7-19)21(26)24-16-18-12-14-23-15-13-18/h3-15,25H,16H2,1-2H3,(H,24,26)/t22-/m1/s1. The Morgan fingerprint density at radius 2 is 1.62 bits per heavy atom. The monoisotopic (exact) mass is 345 g/mol.